The summed E-state index contributed by atoms with van der Waals surface area (Å²) in [5.41, 5.74) is 0.970. The molecular weight excluding hydrogens is 345 g/mol. The Kier molecular flexibility index (Phi) is 4.24. The Balaban J connectivity index is 1.78. The van der Waals surface area contributed by atoms with Crippen LogP contribution in [-0.2, 0) is 16.1 Å². The highest BCUT2D eigenvalue weighted by Gasteiger charge is 2.39. The lowest BCUT2D eigenvalue weighted by Crippen LogP contribution is -2.61. The summed E-state index contributed by atoms with van der Waals surface area (Å²) in [6.45, 7) is 4.20. The summed E-state index contributed by atoms with van der Waals surface area (Å²) in [5, 5.41) is 8.58. The second-order valence-electron chi connectivity index (χ2n) is 4.90. The van der Waals surface area contributed by atoms with Gasteiger partial charge in [-0.3, -0.25) is 4.90 Å². The molecule has 5 heteroatoms. The van der Waals surface area contributed by atoms with Crippen LogP contribution in [0.5, 0.6) is 0 Å². The molecule has 4 nitrogen and oxygen atoms in total. The Hall–Kier alpha value is -0.660. The first kappa shape index (κ1) is 13.8. The van der Waals surface area contributed by atoms with Crippen LogP contribution in [0, 0.1) is 3.57 Å². The van der Waals surface area contributed by atoms with Gasteiger partial charge in [-0.25, -0.2) is 4.79 Å². The highest BCUT2D eigenvalue weighted by molar-refractivity contribution is 14.1. The zero-order chi connectivity index (χ0) is 13.2. The van der Waals surface area contributed by atoms with Gasteiger partial charge in [-0.2, -0.15) is 0 Å². The normalized spacial score (nSPS) is 18.3. The predicted octanol–water partition coefficient (Wildman–Crippen LogP) is 1.97. The van der Waals surface area contributed by atoms with Gasteiger partial charge in [0.05, 0.1) is 5.60 Å². The van der Waals surface area contributed by atoms with Gasteiger partial charge in [-0.05, 0) is 47.2 Å². The molecule has 0 atom stereocenters. The number of carboxylic acids is 1. The average Bonchev–Trinajstić information content (AvgIpc) is 2.27. The number of aliphatic carboxylic acids is 1. The summed E-state index contributed by atoms with van der Waals surface area (Å²) < 4.78 is 6.60. The molecule has 0 bridgehead atoms. The molecule has 98 valence electrons. The fourth-order valence-electron chi connectivity index (χ4n) is 2.19. The molecule has 1 aromatic carbocycles. The lowest BCUT2D eigenvalue weighted by atomic mass is 9.95. The number of carboxylic acid groups (broad SMARTS) is 1. The summed E-state index contributed by atoms with van der Waals surface area (Å²) in [4.78, 5) is 12.7. The minimum atomic E-state index is -0.910. The zero-order valence-corrected chi connectivity index (χ0v) is 12.4. The minimum absolute atomic E-state index is 0.214. The van der Waals surface area contributed by atoms with Gasteiger partial charge in [0.15, 0.2) is 0 Å². The number of ether oxygens (including phenoxy) is 1. The molecule has 18 heavy (non-hydrogen) atoms. The van der Waals surface area contributed by atoms with Gasteiger partial charge in [-0.15, -0.1) is 0 Å². The first-order valence-corrected chi connectivity index (χ1v) is 6.87. The van der Waals surface area contributed by atoms with Crippen molar-refractivity contribution in [3.63, 3.8) is 0 Å². The summed E-state index contributed by atoms with van der Waals surface area (Å²) in [5.74, 6) is -0.910. The summed E-state index contributed by atoms with van der Waals surface area (Å²) in [7, 11) is 0. The van der Waals surface area contributed by atoms with Crippen molar-refractivity contribution in [2.45, 2.75) is 19.1 Å². The average molecular weight is 361 g/mol. The van der Waals surface area contributed by atoms with Crippen LogP contribution in [0.4, 0.5) is 0 Å². The quantitative estimate of drug-likeness (QED) is 0.815. The van der Waals surface area contributed by atoms with Crippen LogP contribution >= 0.6 is 22.6 Å². The molecule has 0 saturated carbocycles. The maximum atomic E-state index is 10.5. The van der Waals surface area contributed by atoms with Gasteiger partial charge in [0.25, 0.3) is 0 Å². The van der Waals surface area contributed by atoms with E-state index in [-0.39, 0.29) is 12.2 Å². The molecule has 0 spiro atoms. The monoisotopic (exact) mass is 361 g/mol. The van der Waals surface area contributed by atoms with Crippen molar-refractivity contribution in [2.24, 2.45) is 0 Å². The maximum Gasteiger partial charge on any atom is 0.329 e. The van der Waals surface area contributed by atoms with E-state index in [2.05, 4.69) is 51.8 Å². The summed E-state index contributed by atoms with van der Waals surface area (Å²) in [6, 6.07) is 8.43. The second kappa shape index (κ2) is 5.54. The highest BCUT2D eigenvalue weighted by atomic mass is 127. The third kappa shape index (κ3) is 3.66. The van der Waals surface area contributed by atoms with E-state index in [9.17, 15) is 4.79 Å². The molecule has 1 aliphatic heterocycles. The predicted molar refractivity (Wildman–Crippen MR) is 76.4 cm³/mol. The van der Waals surface area contributed by atoms with E-state index < -0.39 is 5.97 Å². The van der Waals surface area contributed by atoms with Crippen LogP contribution in [0.15, 0.2) is 24.3 Å². The van der Waals surface area contributed by atoms with Crippen LogP contribution < -0.4 is 0 Å². The number of halogens is 1. The molecular formula is C13H16INO3. The Morgan fingerprint density at radius 1 is 1.44 bits per heavy atom. The van der Waals surface area contributed by atoms with Crippen LogP contribution in [0.25, 0.3) is 0 Å². The summed E-state index contributed by atoms with van der Waals surface area (Å²) in [6.07, 6.45) is 0. The molecule has 2 rings (SSSR count). The van der Waals surface area contributed by atoms with Crippen molar-refractivity contribution < 1.29 is 14.6 Å². The van der Waals surface area contributed by atoms with Gasteiger partial charge in [0.2, 0.25) is 0 Å². The molecule has 1 N–H and O–H groups in total. The number of rotatable bonds is 5. The van der Waals surface area contributed by atoms with E-state index in [1.165, 1.54) is 9.13 Å². The molecule has 1 aliphatic rings. The van der Waals surface area contributed by atoms with E-state index in [1.54, 1.807) is 0 Å². The number of hydrogen-bond donors (Lipinski definition) is 1. The lowest BCUT2D eigenvalue weighted by molar-refractivity contribution is -0.165. The maximum absolute atomic E-state index is 10.5. The molecule has 0 amide bonds. The highest BCUT2D eigenvalue weighted by Crippen LogP contribution is 2.26. The molecule has 0 aliphatic carbocycles. The summed E-state index contributed by atoms with van der Waals surface area (Å²) >= 11 is 2.29. The van der Waals surface area contributed by atoms with Crippen LogP contribution in [-0.4, -0.2) is 41.3 Å². The van der Waals surface area contributed by atoms with E-state index in [0.29, 0.717) is 0 Å². The lowest BCUT2D eigenvalue weighted by Gasteiger charge is -2.47. The van der Waals surface area contributed by atoms with E-state index in [1.807, 2.05) is 6.92 Å². The van der Waals surface area contributed by atoms with Crippen LogP contribution in [0.1, 0.15) is 12.5 Å². The van der Waals surface area contributed by atoms with Crippen molar-refractivity contribution in [1.29, 1.82) is 0 Å². The van der Waals surface area contributed by atoms with E-state index in [0.717, 1.165) is 19.6 Å². The standard InChI is InChI=1S/C13H16INO3/c1-13(18-7-12(16)17)8-15(9-13)6-10-2-4-11(14)5-3-10/h2-5H,6-9H2,1H3,(H,16,17). The number of carbonyl (C=O) groups is 1. The van der Waals surface area contributed by atoms with Gasteiger partial charge in [-0.1, -0.05) is 12.1 Å². The number of nitrogens with zero attached hydrogens (tertiary/aromatic N) is 1. The molecule has 0 radical (unpaired) electrons. The van der Waals surface area contributed by atoms with Crippen LogP contribution in [0.3, 0.4) is 0 Å². The van der Waals surface area contributed by atoms with Gasteiger partial charge >= 0.3 is 5.97 Å². The molecule has 1 aromatic rings. The first-order valence-electron chi connectivity index (χ1n) is 5.79. The van der Waals surface area contributed by atoms with E-state index >= 15 is 0 Å². The van der Waals surface area contributed by atoms with Crippen molar-refractivity contribution in [3.8, 4) is 0 Å². The molecule has 1 saturated heterocycles. The van der Waals surface area contributed by atoms with Crippen molar-refractivity contribution in [3.05, 3.63) is 33.4 Å². The number of likely N-dealkylation sites (tertiary alicyclic amines) is 1. The van der Waals surface area contributed by atoms with Crippen LogP contribution in [0.2, 0.25) is 0 Å². The Morgan fingerprint density at radius 2 is 2.06 bits per heavy atom. The first-order chi connectivity index (χ1) is 8.47. The van der Waals surface area contributed by atoms with Gasteiger partial charge in [0, 0.05) is 23.2 Å². The SMILES string of the molecule is CC1(OCC(=O)O)CN(Cc2ccc(I)cc2)C1. The third-order valence-corrected chi connectivity index (χ3v) is 3.70. The molecule has 0 unspecified atom stereocenters. The van der Waals surface area contributed by atoms with Crippen molar-refractivity contribution >= 4 is 28.6 Å². The fraction of sp³-hybridized carbons (Fsp3) is 0.462. The zero-order valence-electron chi connectivity index (χ0n) is 10.2. The Bertz CT molecular complexity index is 426. The number of hydrogen-bond acceptors (Lipinski definition) is 3. The molecule has 1 fully saturated rings. The van der Waals surface area contributed by atoms with E-state index in [4.69, 9.17) is 9.84 Å². The second-order valence-corrected chi connectivity index (χ2v) is 6.15. The molecule has 1 heterocycles. The van der Waals surface area contributed by atoms with Crippen molar-refractivity contribution in [1.82, 2.24) is 4.90 Å². The Morgan fingerprint density at radius 3 is 2.61 bits per heavy atom. The minimum Gasteiger partial charge on any atom is -0.480 e. The Labute approximate surface area is 120 Å². The third-order valence-electron chi connectivity index (χ3n) is 2.98. The largest absolute Gasteiger partial charge is 0.480 e. The topological polar surface area (TPSA) is 49.8 Å². The van der Waals surface area contributed by atoms with Gasteiger partial charge in [0.1, 0.15) is 6.61 Å². The molecule has 0 aromatic heterocycles. The number of benzene rings is 1. The fourth-order valence-corrected chi connectivity index (χ4v) is 2.55. The smallest absolute Gasteiger partial charge is 0.329 e. The van der Waals surface area contributed by atoms with Gasteiger partial charge < -0.3 is 9.84 Å². The van der Waals surface area contributed by atoms with Crippen molar-refractivity contribution in [2.75, 3.05) is 19.7 Å².